The second-order valence-electron chi connectivity index (χ2n) is 2.16. The van der Waals surface area contributed by atoms with Gasteiger partial charge in [-0.3, -0.25) is 5.26 Å². The molecule has 0 aromatic heterocycles. The molecular formula is C8H9BrO2. The van der Waals surface area contributed by atoms with Crippen molar-refractivity contribution in [3.63, 3.8) is 0 Å². The topological polar surface area (TPSA) is 29.5 Å². The molecule has 1 aromatic carbocycles. The summed E-state index contributed by atoms with van der Waals surface area (Å²) in [5.74, 6) is 0. The molecule has 0 amide bonds. The van der Waals surface area contributed by atoms with Gasteiger partial charge in [-0.2, -0.15) is 0 Å². The van der Waals surface area contributed by atoms with E-state index >= 15 is 0 Å². The molecule has 1 atom stereocenters. The van der Waals surface area contributed by atoms with Crippen LogP contribution in [0.2, 0.25) is 0 Å². The minimum atomic E-state index is -0.267. The van der Waals surface area contributed by atoms with Crippen LogP contribution in [-0.4, -0.2) is 10.6 Å². The smallest absolute Gasteiger partial charge is 0.127 e. The molecule has 0 saturated heterocycles. The molecule has 0 spiro atoms. The van der Waals surface area contributed by atoms with Crippen LogP contribution in [0.3, 0.4) is 0 Å². The number of hydrogen-bond acceptors (Lipinski definition) is 2. The third-order valence-corrected chi connectivity index (χ3v) is 2.03. The monoisotopic (exact) mass is 216 g/mol. The summed E-state index contributed by atoms with van der Waals surface area (Å²) in [6.07, 6.45) is -0.267. The summed E-state index contributed by atoms with van der Waals surface area (Å²) in [6.45, 7) is 0. The van der Waals surface area contributed by atoms with Gasteiger partial charge in [-0.15, -0.1) is 0 Å². The Balaban J connectivity index is 2.74. The van der Waals surface area contributed by atoms with Crippen molar-refractivity contribution in [2.45, 2.75) is 6.10 Å². The lowest BCUT2D eigenvalue weighted by Crippen LogP contribution is -2.01. The number of alkyl halides is 1. The zero-order valence-electron chi connectivity index (χ0n) is 5.90. The Morgan fingerprint density at radius 1 is 1.36 bits per heavy atom. The molecule has 0 bridgehead atoms. The lowest BCUT2D eigenvalue weighted by Gasteiger charge is -2.08. The van der Waals surface area contributed by atoms with Crippen molar-refractivity contribution in [3.8, 4) is 0 Å². The minimum absolute atomic E-state index is 0.267. The molecular weight excluding hydrogens is 208 g/mol. The first-order chi connectivity index (χ1) is 5.38. The first kappa shape index (κ1) is 8.71. The van der Waals surface area contributed by atoms with Gasteiger partial charge in [0.25, 0.3) is 0 Å². The van der Waals surface area contributed by atoms with Crippen LogP contribution in [0.4, 0.5) is 0 Å². The molecule has 1 aromatic rings. The Morgan fingerprint density at radius 3 is 2.45 bits per heavy atom. The minimum Gasteiger partial charge on any atom is -0.251 e. The molecule has 60 valence electrons. The van der Waals surface area contributed by atoms with E-state index in [4.69, 9.17) is 5.26 Å². The Bertz CT molecular complexity index is 197. The molecule has 1 N–H and O–H groups in total. The Morgan fingerprint density at radius 2 is 2.00 bits per heavy atom. The quantitative estimate of drug-likeness (QED) is 0.479. The van der Waals surface area contributed by atoms with Crippen LogP contribution in [0.1, 0.15) is 11.7 Å². The molecule has 0 aliphatic rings. The van der Waals surface area contributed by atoms with E-state index in [0.717, 1.165) is 5.56 Å². The van der Waals surface area contributed by atoms with Gasteiger partial charge in [0, 0.05) is 5.33 Å². The van der Waals surface area contributed by atoms with Gasteiger partial charge < -0.3 is 0 Å². The standard InChI is InChI=1S/C8H9BrO2/c9-6-8(11-10)7-4-2-1-3-5-7/h1-5,8,10H,6H2. The average molecular weight is 217 g/mol. The Kier molecular flexibility index (Phi) is 3.56. The van der Waals surface area contributed by atoms with Gasteiger partial charge in [0.1, 0.15) is 6.10 Å². The Labute approximate surface area is 73.9 Å². The molecule has 0 radical (unpaired) electrons. The van der Waals surface area contributed by atoms with Gasteiger partial charge in [0.2, 0.25) is 0 Å². The normalized spacial score (nSPS) is 12.9. The molecule has 3 heteroatoms. The highest BCUT2D eigenvalue weighted by Gasteiger charge is 2.08. The summed E-state index contributed by atoms with van der Waals surface area (Å²) in [6, 6.07) is 9.55. The second-order valence-corrected chi connectivity index (χ2v) is 2.81. The van der Waals surface area contributed by atoms with Gasteiger partial charge in [-0.25, -0.2) is 4.89 Å². The van der Waals surface area contributed by atoms with Gasteiger partial charge in [-0.1, -0.05) is 46.3 Å². The summed E-state index contributed by atoms with van der Waals surface area (Å²) in [5.41, 5.74) is 0.965. The summed E-state index contributed by atoms with van der Waals surface area (Å²) >= 11 is 3.23. The van der Waals surface area contributed by atoms with Gasteiger partial charge in [0.15, 0.2) is 0 Å². The summed E-state index contributed by atoms with van der Waals surface area (Å²) in [7, 11) is 0. The fraction of sp³-hybridized carbons (Fsp3) is 0.250. The lowest BCUT2D eigenvalue weighted by molar-refractivity contribution is -0.275. The summed E-state index contributed by atoms with van der Waals surface area (Å²) in [5, 5.41) is 9.04. The zero-order chi connectivity index (χ0) is 8.10. The predicted octanol–water partition coefficient (Wildman–Crippen LogP) is 2.61. The van der Waals surface area contributed by atoms with Crippen molar-refractivity contribution in [2.75, 3.05) is 5.33 Å². The number of benzene rings is 1. The second kappa shape index (κ2) is 4.49. The van der Waals surface area contributed by atoms with E-state index in [1.807, 2.05) is 30.3 Å². The number of hydrogen-bond donors (Lipinski definition) is 1. The van der Waals surface area contributed by atoms with Crippen LogP contribution >= 0.6 is 15.9 Å². The van der Waals surface area contributed by atoms with Crippen molar-refractivity contribution in [1.82, 2.24) is 0 Å². The van der Waals surface area contributed by atoms with E-state index in [-0.39, 0.29) is 6.10 Å². The van der Waals surface area contributed by atoms with Crippen molar-refractivity contribution in [3.05, 3.63) is 35.9 Å². The van der Waals surface area contributed by atoms with Crippen LogP contribution in [0, 0.1) is 0 Å². The van der Waals surface area contributed by atoms with Crippen LogP contribution in [0.15, 0.2) is 30.3 Å². The molecule has 2 nitrogen and oxygen atoms in total. The summed E-state index contributed by atoms with van der Waals surface area (Å²) < 4.78 is 0. The van der Waals surface area contributed by atoms with E-state index in [1.165, 1.54) is 0 Å². The maximum atomic E-state index is 8.45. The van der Waals surface area contributed by atoms with Crippen LogP contribution in [0.25, 0.3) is 0 Å². The SMILES string of the molecule is OOC(CBr)c1ccccc1. The van der Waals surface area contributed by atoms with Gasteiger partial charge >= 0.3 is 0 Å². The van der Waals surface area contributed by atoms with Crippen molar-refractivity contribution >= 4 is 15.9 Å². The van der Waals surface area contributed by atoms with Gasteiger partial charge in [-0.05, 0) is 5.56 Å². The maximum Gasteiger partial charge on any atom is 0.127 e. The molecule has 0 aliphatic heterocycles. The van der Waals surface area contributed by atoms with E-state index in [1.54, 1.807) is 0 Å². The molecule has 1 unspecified atom stereocenters. The highest BCUT2D eigenvalue weighted by molar-refractivity contribution is 9.09. The van der Waals surface area contributed by atoms with E-state index in [0.29, 0.717) is 5.33 Å². The molecule has 0 aliphatic carbocycles. The first-order valence-corrected chi connectivity index (χ1v) is 4.41. The molecule has 0 heterocycles. The molecule has 1 rings (SSSR count). The number of halogens is 1. The summed E-state index contributed by atoms with van der Waals surface area (Å²) in [4.78, 5) is 4.24. The van der Waals surface area contributed by atoms with Crippen LogP contribution in [0.5, 0.6) is 0 Å². The van der Waals surface area contributed by atoms with E-state index in [9.17, 15) is 0 Å². The molecule has 11 heavy (non-hydrogen) atoms. The highest BCUT2D eigenvalue weighted by Crippen LogP contribution is 2.17. The van der Waals surface area contributed by atoms with Crippen LogP contribution < -0.4 is 0 Å². The van der Waals surface area contributed by atoms with E-state index < -0.39 is 0 Å². The fourth-order valence-electron chi connectivity index (χ4n) is 0.846. The van der Waals surface area contributed by atoms with Crippen molar-refractivity contribution in [1.29, 1.82) is 0 Å². The first-order valence-electron chi connectivity index (χ1n) is 3.29. The Hall–Kier alpha value is -0.380. The largest absolute Gasteiger partial charge is 0.251 e. The third-order valence-electron chi connectivity index (χ3n) is 1.44. The maximum absolute atomic E-state index is 8.45. The zero-order valence-corrected chi connectivity index (χ0v) is 7.49. The number of rotatable bonds is 3. The third kappa shape index (κ3) is 2.29. The lowest BCUT2D eigenvalue weighted by atomic mass is 10.1. The van der Waals surface area contributed by atoms with Crippen molar-refractivity contribution in [2.24, 2.45) is 0 Å². The molecule has 0 fully saturated rings. The van der Waals surface area contributed by atoms with Gasteiger partial charge in [0.05, 0.1) is 0 Å². The predicted molar refractivity (Wildman–Crippen MR) is 46.7 cm³/mol. The van der Waals surface area contributed by atoms with Crippen molar-refractivity contribution < 1.29 is 10.1 Å². The van der Waals surface area contributed by atoms with E-state index in [2.05, 4.69) is 20.8 Å². The van der Waals surface area contributed by atoms with Crippen LogP contribution in [-0.2, 0) is 4.89 Å². The average Bonchev–Trinajstić information content (AvgIpc) is 2.09. The fourth-order valence-corrected chi connectivity index (χ4v) is 1.34. The molecule has 0 saturated carbocycles. The highest BCUT2D eigenvalue weighted by atomic mass is 79.9.